The summed E-state index contributed by atoms with van der Waals surface area (Å²) >= 11 is 0. The van der Waals surface area contributed by atoms with Crippen molar-refractivity contribution in [2.45, 2.75) is 27.3 Å². The molecule has 168 valence electrons. The summed E-state index contributed by atoms with van der Waals surface area (Å²) in [6, 6.07) is 20.9. The van der Waals surface area contributed by atoms with Gasteiger partial charge in [0.15, 0.2) is 6.61 Å². The van der Waals surface area contributed by atoms with E-state index < -0.39 is 5.97 Å². The van der Waals surface area contributed by atoms with Gasteiger partial charge in [-0.3, -0.25) is 0 Å². The van der Waals surface area contributed by atoms with Crippen molar-refractivity contribution in [2.75, 3.05) is 31.8 Å². The van der Waals surface area contributed by atoms with E-state index in [0.717, 1.165) is 17.7 Å². The normalized spacial score (nSPS) is 10.8. The first-order chi connectivity index (χ1) is 15.4. The number of rotatable bonds is 10. The first-order valence-corrected chi connectivity index (χ1v) is 10.7. The van der Waals surface area contributed by atoms with Gasteiger partial charge in [-0.25, -0.2) is 4.79 Å². The minimum absolute atomic E-state index is 0.342. The Balaban J connectivity index is 1.88. The zero-order valence-corrected chi connectivity index (χ0v) is 19.2. The van der Waals surface area contributed by atoms with Crippen LogP contribution in [0.15, 0.2) is 60.7 Å². The van der Waals surface area contributed by atoms with Gasteiger partial charge in [-0.2, -0.15) is 0 Å². The van der Waals surface area contributed by atoms with Crippen LogP contribution in [0.25, 0.3) is 11.1 Å². The molecule has 0 aliphatic carbocycles. The highest BCUT2D eigenvalue weighted by Crippen LogP contribution is 2.32. The van der Waals surface area contributed by atoms with Gasteiger partial charge in [-0.15, -0.1) is 0 Å². The van der Waals surface area contributed by atoms with E-state index in [9.17, 15) is 4.79 Å². The maximum Gasteiger partial charge on any atom is 0.341 e. The van der Waals surface area contributed by atoms with E-state index in [0.29, 0.717) is 18.9 Å². The molecule has 0 aliphatic heterocycles. The average Bonchev–Trinajstić information content (AvgIpc) is 2.77. The van der Waals surface area contributed by atoms with Crippen LogP contribution in [0.3, 0.4) is 0 Å². The Bertz CT molecular complexity index is 1060. The number of methoxy groups -OCH3 is 1. The Morgan fingerprint density at radius 1 is 1.00 bits per heavy atom. The smallest absolute Gasteiger partial charge is 0.341 e. The minimum atomic E-state index is -0.983. The number of nitrogens with zero attached hydrogens (tertiary/aromatic N) is 1. The number of hydrogen-bond donors (Lipinski definition) is 1. The fraction of sp³-hybridized carbons (Fsp3) is 0.296. The van der Waals surface area contributed by atoms with Crippen LogP contribution < -0.4 is 9.64 Å². The predicted molar refractivity (Wildman–Crippen MR) is 129 cm³/mol. The van der Waals surface area contributed by atoms with Crippen LogP contribution in [0.2, 0.25) is 0 Å². The molecule has 5 heteroatoms. The van der Waals surface area contributed by atoms with E-state index in [2.05, 4.69) is 67.3 Å². The highest BCUT2D eigenvalue weighted by molar-refractivity contribution is 5.74. The molecule has 0 atom stereocenters. The fourth-order valence-corrected chi connectivity index (χ4v) is 3.83. The molecule has 3 rings (SSSR count). The Kier molecular flexibility index (Phi) is 7.90. The average molecular weight is 434 g/mol. The second-order valence-electron chi connectivity index (χ2n) is 8.01. The van der Waals surface area contributed by atoms with Gasteiger partial charge in [0.05, 0.1) is 6.61 Å². The van der Waals surface area contributed by atoms with Crippen molar-refractivity contribution in [2.24, 2.45) is 0 Å². The lowest BCUT2D eigenvalue weighted by atomic mass is 9.97. The van der Waals surface area contributed by atoms with Gasteiger partial charge in [0.25, 0.3) is 0 Å². The molecule has 0 unspecified atom stereocenters. The van der Waals surface area contributed by atoms with Crippen molar-refractivity contribution in [3.8, 4) is 16.9 Å². The third-order valence-corrected chi connectivity index (χ3v) is 5.54. The van der Waals surface area contributed by atoms with E-state index in [4.69, 9.17) is 14.6 Å². The summed E-state index contributed by atoms with van der Waals surface area (Å²) in [6.45, 7) is 7.94. The topological polar surface area (TPSA) is 59.0 Å². The second kappa shape index (κ2) is 10.8. The lowest BCUT2D eigenvalue weighted by Crippen LogP contribution is -2.27. The highest BCUT2D eigenvalue weighted by Gasteiger charge is 2.14. The van der Waals surface area contributed by atoms with Crippen LogP contribution in [0.4, 0.5) is 5.69 Å². The number of aliphatic carboxylic acids is 1. The largest absolute Gasteiger partial charge is 0.482 e. The maximum atomic E-state index is 10.8. The van der Waals surface area contributed by atoms with Crippen molar-refractivity contribution in [3.05, 3.63) is 82.9 Å². The molecule has 32 heavy (non-hydrogen) atoms. The number of carboxylic acid groups (broad SMARTS) is 1. The number of carboxylic acids is 1. The standard InChI is InChI=1S/C27H31NO4/c1-19-8-11-23(12-9-19)24-6-5-7-25(21(24)3)28(14-15-31-4)17-22-10-13-26(20(2)16-22)32-18-27(29)30/h5-13,16H,14-15,17-18H2,1-4H3,(H,29,30). The molecule has 5 nitrogen and oxygen atoms in total. The summed E-state index contributed by atoms with van der Waals surface area (Å²) in [5, 5.41) is 8.85. The lowest BCUT2D eigenvalue weighted by Gasteiger charge is -2.28. The van der Waals surface area contributed by atoms with Crippen molar-refractivity contribution in [1.82, 2.24) is 0 Å². The fourth-order valence-electron chi connectivity index (χ4n) is 3.83. The number of hydrogen-bond acceptors (Lipinski definition) is 4. The summed E-state index contributed by atoms with van der Waals surface area (Å²) in [5.74, 6) is -0.389. The van der Waals surface area contributed by atoms with Gasteiger partial charge in [0.1, 0.15) is 5.75 Å². The van der Waals surface area contributed by atoms with E-state index in [-0.39, 0.29) is 6.61 Å². The molecule has 0 radical (unpaired) electrons. The van der Waals surface area contributed by atoms with E-state index >= 15 is 0 Å². The van der Waals surface area contributed by atoms with Crippen molar-refractivity contribution in [1.29, 1.82) is 0 Å². The number of anilines is 1. The minimum Gasteiger partial charge on any atom is -0.482 e. The summed E-state index contributed by atoms with van der Waals surface area (Å²) in [7, 11) is 1.71. The molecule has 0 saturated carbocycles. The number of aryl methyl sites for hydroxylation is 2. The maximum absolute atomic E-state index is 10.8. The van der Waals surface area contributed by atoms with Gasteiger partial charge in [0.2, 0.25) is 0 Å². The number of ether oxygens (including phenoxy) is 2. The molecule has 0 spiro atoms. The molecule has 1 N–H and O–H groups in total. The van der Waals surface area contributed by atoms with Crippen LogP contribution in [0.5, 0.6) is 5.75 Å². The molecule has 0 saturated heterocycles. The van der Waals surface area contributed by atoms with Gasteiger partial charge in [0, 0.05) is 25.9 Å². The molecule has 0 aliphatic rings. The Morgan fingerprint density at radius 3 is 2.41 bits per heavy atom. The lowest BCUT2D eigenvalue weighted by molar-refractivity contribution is -0.139. The summed E-state index contributed by atoms with van der Waals surface area (Å²) in [4.78, 5) is 13.1. The molecular formula is C27H31NO4. The van der Waals surface area contributed by atoms with Crippen LogP contribution in [-0.2, 0) is 16.1 Å². The van der Waals surface area contributed by atoms with Gasteiger partial charge in [-0.05, 0) is 60.7 Å². The molecule has 0 heterocycles. The second-order valence-corrected chi connectivity index (χ2v) is 8.01. The Labute approximate surface area is 190 Å². The molecule has 0 aromatic heterocycles. The molecule has 0 fully saturated rings. The molecule has 0 bridgehead atoms. The first kappa shape index (κ1) is 23.4. The Morgan fingerprint density at radius 2 is 1.75 bits per heavy atom. The third kappa shape index (κ3) is 5.89. The summed E-state index contributed by atoms with van der Waals surface area (Å²) in [5.41, 5.74) is 8.11. The number of benzene rings is 3. The SMILES string of the molecule is COCCN(Cc1ccc(OCC(=O)O)c(C)c1)c1cccc(-c2ccc(C)cc2)c1C. The monoisotopic (exact) mass is 433 g/mol. The van der Waals surface area contributed by atoms with Gasteiger partial charge in [-0.1, -0.05) is 54.1 Å². The predicted octanol–water partition coefficient (Wildman–Crippen LogP) is 5.40. The van der Waals surface area contributed by atoms with Crippen LogP contribution >= 0.6 is 0 Å². The van der Waals surface area contributed by atoms with Crippen molar-refractivity contribution >= 4 is 11.7 Å². The summed E-state index contributed by atoms with van der Waals surface area (Å²) < 4.78 is 10.7. The van der Waals surface area contributed by atoms with Crippen LogP contribution in [-0.4, -0.2) is 37.9 Å². The molecule has 3 aromatic carbocycles. The molecular weight excluding hydrogens is 402 g/mol. The van der Waals surface area contributed by atoms with E-state index in [1.54, 1.807) is 7.11 Å². The van der Waals surface area contributed by atoms with Crippen molar-refractivity contribution in [3.63, 3.8) is 0 Å². The third-order valence-electron chi connectivity index (χ3n) is 5.54. The molecule has 0 amide bonds. The van der Waals surface area contributed by atoms with Crippen LogP contribution in [0.1, 0.15) is 22.3 Å². The molecule has 3 aromatic rings. The Hall–Kier alpha value is -3.31. The van der Waals surface area contributed by atoms with Gasteiger partial charge >= 0.3 is 5.97 Å². The van der Waals surface area contributed by atoms with Gasteiger partial charge < -0.3 is 19.5 Å². The quantitative estimate of drug-likeness (QED) is 0.464. The highest BCUT2D eigenvalue weighted by atomic mass is 16.5. The van der Waals surface area contributed by atoms with E-state index in [1.807, 2.05) is 19.1 Å². The number of carbonyl (C=O) groups is 1. The zero-order valence-electron chi connectivity index (χ0n) is 19.2. The summed E-state index contributed by atoms with van der Waals surface area (Å²) in [6.07, 6.45) is 0. The van der Waals surface area contributed by atoms with E-state index in [1.165, 1.54) is 27.9 Å². The van der Waals surface area contributed by atoms with Crippen LogP contribution in [0, 0.1) is 20.8 Å². The zero-order chi connectivity index (χ0) is 23.1. The van der Waals surface area contributed by atoms with Crippen molar-refractivity contribution < 1.29 is 19.4 Å². The first-order valence-electron chi connectivity index (χ1n) is 10.7.